The molecule has 0 spiro atoms. The molecule has 19 heteroatoms. The van der Waals surface area contributed by atoms with E-state index in [1.807, 2.05) is 0 Å². The topological polar surface area (TPSA) is 237 Å². The molecule has 6 atom stereocenters. The molecular formula is C67H130O17P2. The average Bonchev–Trinajstić information content (AvgIpc) is 3.52. The number of hydrogen-bond acceptors (Lipinski definition) is 15. The smallest absolute Gasteiger partial charge is 0.462 e. The molecule has 0 aromatic carbocycles. The Kier molecular flexibility index (Phi) is 55.7. The molecule has 0 aromatic rings. The molecule has 0 saturated carbocycles. The second-order valence-corrected chi connectivity index (χ2v) is 28.8. The van der Waals surface area contributed by atoms with Crippen LogP contribution >= 0.6 is 15.6 Å². The van der Waals surface area contributed by atoms with Crippen molar-refractivity contribution >= 4 is 39.5 Å². The first-order chi connectivity index (χ1) is 41.1. The third-order valence-electron chi connectivity index (χ3n) is 15.7. The maximum atomic E-state index is 13.0. The number of hydrogen-bond donors (Lipinski definition) is 3. The number of phosphoric ester groups is 2. The number of esters is 4. The van der Waals surface area contributed by atoms with Crippen LogP contribution in [0.3, 0.4) is 0 Å². The van der Waals surface area contributed by atoms with Gasteiger partial charge in [0.25, 0.3) is 0 Å². The summed E-state index contributed by atoms with van der Waals surface area (Å²) in [6.45, 7) is 14.0. The van der Waals surface area contributed by atoms with Crippen LogP contribution in [0.4, 0.5) is 0 Å². The van der Waals surface area contributed by atoms with Gasteiger partial charge in [-0.3, -0.25) is 37.3 Å². The lowest BCUT2D eigenvalue weighted by atomic mass is 10.00. The van der Waals surface area contributed by atoms with Gasteiger partial charge in [0.15, 0.2) is 12.2 Å². The third-order valence-corrected chi connectivity index (χ3v) is 17.6. The zero-order chi connectivity index (χ0) is 63.9. The Morgan fingerprint density at radius 3 is 0.826 bits per heavy atom. The number of carbonyl (C=O) groups is 4. The highest BCUT2D eigenvalue weighted by molar-refractivity contribution is 7.47. The van der Waals surface area contributed by atoms with Gasteiger partial charge >= 0.3 is 39.5 Å². The first-order valence-electron chi connectivity index (χ1n) is 34.7. The Bertz CT molecular complexity index is 1720. The molecular weight excluding hydrogens is 1140 g/mol. The molecule has 0 aliphatic heterocycles. The SMILES string of the molecule is CCC(C)CCCCCCCCC(=O)OC[C@H](COP(=O)(O)OCC(O)COP(=O)(O)OC[C@@H](COC(=O)CCCCCCCCCC(C)C)OC(=O)CCCCCCCCCCCCCCCCC(C)C)OC(=O)CCCCCCCCC(C)C. The lowest BCUT2D eigenvalue weighted by Crippen LogP contribution is -2.30. The Labute approximate surface area is 524 Å². The zero-order valence-corrected chi connectivity index (χ0v) is 57.7. The number of unbranched alkanes of at least 4 members (excludes halogenated alkanes) is 29. The van der Waals surface area contributed by atoms with Crippen molar-refractivity contribution in [2.75, 3.05) is 39.6 Å². The molecule has 0 fully saturated rings. The number of phosphoric acid groups is 2. The Hall–Kier alpha value is -1.94. The minimum atomic E-state index is -4.95. The van der Waals surface area contributed by atoms with Crippen molar-refractivity contribution < 1.29 is 80.2 Å². The molecule has 0 heterocycles. The second kappa shape index (κ2) is 57.0. The normalized spacial score (nSPS) is 14.7. The summed E-state index contributed by atoms with van der Waals surface area (Å²) in [5, 5.41) is 10.5. The number of ether oxygens (including phenoxy) is 4. The molecule has 0 bridgehead atoms. The predicted octanol–water partition coefficient (Wildman–Crippen LogP) is 18.5. The van der Waals surface area contributed by atoms with Crippen LogP contribution in [0.5, 0.6) is 0 Å². The average molecular weight is 1270 g/mol. The molecule has 510 valence electrons. The van der Waals surface area contributed by atoms with Crippen molar-refractivity contribution in [1.82, 2.24) is 0 Å². The van der Waals surface area contributed by atoms with E-state index >= 15 is 0 Å². The number of carbonyl (C=O) groups excluding carboxylic acids is 4. The monoisotopic (exact) mass is 1270 g/mol. The lowest BCUT2D eigenvalue weighted by molar-refractivity contribution is -0.161. The highest BCUT2D eigenvalue weighted by Gasteiger charge is 2.30. The van der Waals surface area contributed by atoms with Gasteiger partial charge in [-0.2, -0.15) is 0 Å². The van der Waals surface area contributed by atoms with E-state index in [1.54, 1.807) is 0 Å². The molecule has 0 aliphatic rings. The first kappa shape index (κ1) is 84.1. The maximum Gasteiger partial charge on any atom is 0.472 e. The second-order valence-electron chi connectivity index (χ2n) is 25.9. The van der Waals surface area contributed by atoms with Crippen LogP contribution in [0.2, 0.25) is 0 Å². The molecule has 0 radical (unpaired) electrons. The zero-order valence-electron chi connectivity index (χ0n) is 55.9. The van der Waals surface area contributed by atoms with Crippen LogP contribution in [-0.4, -0.2) is 96.7 Å². The summed E-state index contributed by atoms with van der Waals surface area (Å²) in [5.41, 5.74) is 0. The van der Waals surface area contributed by atoms with Gasteiger partial charge in [-0.05, 0) is 49.4 Å². The van der Waals surface area contributed by atoms with Crippen LogP contribution in [0.25, 0.3) is 0 Å². The Balaban J connectivity index is 5.21. The van der Waals surface area contributed by atoms with Crippen LogP contribution in [0, 0.1) is 23.7 Å². The highest BCUT2D eigenvalue weighted by Crippen LogP contribution is 2.45. The summed E-state index contributed by atoms with van der Waals surface area (Å²) in [7, 11) is -9.89. The van der Waals surface area contributed by atoms with Gasteiger partial charge in [-0.25, -0.2) is 9.13 Å². The largest absolute Gasteiger partial charge is 0.472 e. The molecule has 3 N–H and O–H groups in total. The van der Waals surface area contributed by atoms with E-state index in [0.717, 1.165) is 115 Å². The molecule has 86 heavy (non-hydrogen) atoms. The van der Waals surface area contributed by atoms with Gasteiger partial charge in [0.2, 0.25) is 0 Å². The van der Waals surface area contributed by atoms with Crippen molar-refractivity contribution in [2.24, 2.45) is 23.7 Å². The molecule has 17 nitrogen and oxygen atoms in total. The van der Waals surface area contributed by atoms with E-state index in [1.165, 1.54) is 116 Å². The van der Waals surface area contributed by atoms with Gasteiger partial charge in [-0.15, -0.1) is 0 Å². The van der Waals surface area contributed by atoms with Crippen molar-refractivity contribution in [2.45, 2.75) is 343 Å². The number of aliphatic hydroxyl groups excluding tert-OH is 1. The van der Waals surface area contributed by atoms with Crippen LogP contribution in [-0.2, 0) is 65.4 Å². The van der Waals surface area contributed by atoms with Crippen LogP contribution < -0.4 is 0 Å². The van der Waals surface area contributed by atoms with E-state index in [0.29, 0.717) is 37.5 Å². The van der Waals surface area contributed by atoms with Gasteiger partial charge in [0.05, 0.1) is 26.4 Å². The fourth-order valence-electron chi connectivity index (χ4n) is 9.93. The van der Waals surface area contributed by atoms with E-state index in [9.17, 15) is 43.2 Å². The van der Waals surface area contributed by atoms with Gasteiger partial charge in [0.1, 0.15) is 19.3 Å². The van der Waals surface area contributed by atoms with Crippen LogP contribution in [0.1, 0.15) is 325 Å². The molecule has 0 amide bonds. The quantitative estimate of drug-likeness (QED) is 0.0222. The van der Waals surface area contributed by atoms with Gasteiger partial charge in [0, 0.05) is 25.7 Å². The fourth-order valence-corrected chi connectivity index (χ4v) is 11.5. The van der Waals surface area contributed by atoms with Gasteiger partial charge in [-0.1, -0.05) is 274 Å². The Morgan fingerprint density at radius 2 is 0.558 bits per heavy atom. The van der Waals surface area contributed by atoms with Crippen molar-refractivity contribution in [3.05, 3.63) is 0 Å². The summed E-state index contributed by atoms with van der Waals surface area (Å²) < 4.78 is 68.1. The van der Waals surface area contributed by atoms with Crippen LogP contribution in [0.15, 0.2) is 0 Å². The van der Waals surface area contributed by atoms with E-state index in [2.05, 4.69) is 55.4 Å². The summed E-state index contributed by atoms with van der Waals surface area (Å²) in [4.78, 5) is 72.3. The lowest BCUT2D eigenvalue weighted by Gasteiger charge is -2.21. The highest BCUT2D eigenvalue weighted by atomic mass is 31.2. The fraction of sp³-hybridized carbons (Fsp3) is 0.940. The number of aliphatic hydroxyl groups is 1. The van der Waals surface area contributed by atoms with Crippen molar-refractivity contribution in [1.29, 1.82) is 0 Å². The van der Waals surface area contributed by atoms with Crippen molar-refractivity contribution in [3.8, 4) is 0 Å². The van der Waals surface area contributed by atoms with E-state index in [4.69, 9.17) is 37.0 Å². The van der Waals surface area contributed by atoms with Gasteiger partial charge < -0.3 is 33.8 Å². The van der Waals surface area contributed by atoms with E-state index in [-0.39, 0.29) is 25.7 Å². The molecule has 0 aliphatic carbocycles. The molecule has 0 saturated heterocycles. The molecule has 0 rings (SSSR count). The summed E-state index contributed by atoms with van der Waals surface area (Å²) >= 11 is 0. The summed E-state index contributed by atoms with van der Waals surface area (Å²) in [5.74, 6) is 0.761. The standard InChI is InChI=1S/C67H130O17P2/c1-9-60(8)46-38-30-24-26-32-40-48-65(70)78-54-63(84-67(72)50-42-34-25-23-29-37-45-59(6)7)56-82-86(75,76)80-52-61(68)51-79-85(73,74)81-55-62(53-77-64(69)47-39-31-22-18-20-28-36-44-58(4)5)83-66(71)49-41-33-21-17-15-13-11-10-12-14-16-19-27-35-43-57(2)3/h57-63,68H,9-56H2,1-8H3,(H,73,74)(H,75,76)/t60?,61?,62-,63-/m1/s1. The minimum Gasteiger partial charge on any atom is -0.462 e. The predicted molar refractivity (Wildman–Crippen MR) is 344 cm³/mol. The summed E-state index contributed by atoms with van der Waals surface area (Å²) in [6.07, 6.45) is 37.9. The maximum absolute atomic E-state index is 13.0. The molecule has 4 unspecified atom stereocenters. The Morgan fingerprint density at radius 1 is 0.326 bits per heavy atom. The van der Waals surface area contributed by atoms with E-state index < -0.39 is 97.5 Å². The molecule has 0 aromatic heterocycles. The first-order valence-corrected chi connectivity index (χ1v) is 37.7. The third kappa shape index (κ3) is 59.7. The number of rotatable bonds is 64. The summed E-state index contributed by atoms with van der Waals surface area (Å²) in [6, 6.07) is 0. The van der Waals surface area contributed by atoms with Crippen molar-refractivity contribution in [3.63, 3.8) is 0 Å². The minimum absolute atomic E-state index is 0.101.